The molecule has 1 aliphatic heterocycles. The first-order valence-corrected chi connectivity index (χ1v) is 9.30. The molecule has 0 radical (unpaired) electrons. The molecule has 0 saturated heterocycles. The van der Waals surface area contributed by atoms with Crippen LogP contribution in [-0.2, 0) is 0 Å². The van der Waals surface area contributed by atoms with Gasteiger partial charge in [-0.25, -0.2) is 0 Å². The zero-order chi connectivity index (χ0) is 18.6. The predicted molar refractivity (Wildman–Crippen MR) is 105 cm³/mol. The van der Waals surface area contributed by atoms with E-state index in [9.17, 15) is 10.1 Å². The van der Waals surface area contributed by atoms with Crippen LogP contribution in [0.1, 0.15) is 40.6 Å². The number of anilines is 1. The number of nitrogens with zero attached hydrogens (tertiary/aromatic N) is 1. The molecule has 4 rings (SSSR count). The van der Waals surface area contributed by atoms with Gasteiger partial charge in [0, 0.05) is 22.0 Å². The highest BCUT2D eigenvalue weighted by atomic mass is 35.5. The molecule has 0 bridgehead atoms. The van der Waals surface area contributed by atoms with Crippen LogP contribution in [0.25, 0.3) is 0 Å². The second-order valence-corrected chi connectivity index (χ2v) is 7.87. The Morgan fingerprint density at radius 1 is 1.23 bits per heavy atom. The van der Waals surface area contributed by atoms with Crippen molar-refractivity contribution in [2.45, 2.75) is 32.2 Å². The van der Waals surface area contributed by atoms with E-state index < -0.39 is 0 Å². The van der Waals surface area contributed by atoms with Crippen LogP contribution in [-0.4, -0.2) is 4.92 Å². The van der Waals surface area contributed by atoms with Crippen LogP contribution >= 0.6 is 23.2 Å². The van der Waals surface area contributed by atoms with E-state index in [1.807, 2.05) is 26.0 Å². The van der Waals surface area contributed by atoms with Crippen molar-refractivity contribution in [2.24, 2.45) is 5.92 Å². The zero-order valence-electron chi connectivity index (χ0n) is 14.4. The monoisotopic (exact) mass is 388 g/mol. The molecule has 26 heavy (non-hydrogen) atoms. The first-order valence-electron chi connectivity index (χ1n) is 8.55. The van der Waals surface area contributed by atoms with Crippen LogP contribution in [0.3, 0.4) is 0 Å². The summed E-state index contributed by atoms with van der Waals surface area (Å²) in [5.41, 5.74) is 4.75. The molecule has 1 aliphatic carbocycles. The Balaban J connectivity index is 1.92. The highest BCUT2D eigenvalue weighted by Crippen LogP contribution is 2.54. The number of nitro benzene ring substituents is 1. The molecular weight excluding hydrogens is 371 g/mol. The largest absolute Gasteiger partial charge is 0.372 e. The Hall–Kier alpha value is -2.04. The number of fused-ring (bicyclic) bond motifs is 3. The molecule has 0 unspecified atom stereocenters. The zero-order valence-corrected chi connectivity index (χ0v) is 15.9. The van der Waals surface area contributed by atoms with Gasteiger partial charge < -0.3 is 5.32 Å². The lowest BCUT2D eigenvalue weighted by Crippen LogP contribution is -2.30. The lowest BCUT2D eigenvalue weighted by molar-refractivity contribution is -0.384. The predicted octanol–water partition coefficient (Wildman–Crippen LogP) is 6.34. The van der Waals surface area contributed by atoms with E-state index >= 15 is 0 Å². The summed E-state index contributed by atoms with van der Waals surface area (Å²) in [6.07, 6.45) is 5.25. The van der Waals surface area contributed by atoms with Crippen molar-refractivity contribution in [1.29, 1.82) is 0 Å². The lowest BCUT2D eigenvalue weighted by atomic mass is 9.74. The molecule has 0 spiro atoms. The van der Waals surface area contributed by atoms with Crippen molar-refractivity contribution in [3.63, 3.8) is 0 Å². The molecule has 0 amide bonds. The van der Waals surface area contributed by atoms with Gasteiger partial charge in [0.25, 0.3) is 5.69 Å². The van der Waals surface area contributed by atoms with Crippen molar-refractivity contribution in [3.8, 4) is 0 Å². The molecule has 2 aliphatic rings. The summed E-state index contributed by atoms with van der Waals surface area (Å²) in [5, 5.41) is 16.3. The number of aryl methyl sites for hydroxylation is 1. The fourth-order valence-corrected chi connectivity index (χ4v) is 4.81. The summed E-state index contributed by atoms with van der Waals surface area (Å²) in [6.45, 7) is 3.97. The number of rotatable bonds is 2. The Labute approximate surface area is 162 Å². The van der Waals surface area contributed by atoms with Gasteiger partial charge in [0.1, 0.15) is 5.69 Å². The molecule has 3 atom stereocenters. The average Bonchev–Trinajstić information content (AvgIpc) is 3.06. The average molecular weight is 389 g/mol. The molecule has 0 saturated carbocycles. The number of benzene rings is 2. The first kappa shape index (κ1) is 17.4. The standard InChI is InChI=1S/C20H18Cl2N2O2/c1-10-8-17(24(25)26)20-18(11(10)2)13-4-3-5-14(13)19(23-20)15-7-6-12(21)9-16(15)22/h3-4,6-9,13-14,19,23H,5H2,1-2H3/t13-,14+,19+/m1/s1. The van der Waals surface area contributed by atoms with Crippen molar-refractivity contribution in [1.82, 2.24) is 0 Å². The van der Waals surface area contributed by atoms with E-state index in [0.29, 0.717) is 15.7 Å². The Kier molecular flexibility index (Phi) is 4.20. The minimum Gasteiger partial charge on any atom is -0.372 e. The normalized spacial score (nSPS) is 23.3. The third-order valence-electron chi connectivity index (χ3n) is 5.64. The molecule has 0 aromatic heterocycles. The van der Waals surface area contributed by atoms with E-state index in [4.69, 9.17) is 23.2 Å². The molecule has 1 heterocycles. The summed E-state index contributed by atoms with van der Waals surface area (Å²) in [6, 6.07) is 7.00. The smallest absolute Gasteiger partial charge is 0.292 e. The number of allylic oxidation sites excluding steroid dienone is 2. The molecule has 2 aromatic carbocycles. The van der Waals surface area contributed by atoms with Gasteiger partial charge in [-0.15, -0.1) is 0 Å². The van der Waals surface area contributed by atoms with Crippen LogP contribution in [0.4, 0.5) is 11.4 Å². The van der Waals surface area contributed by atoms with Gasteiger partial charge in [-0.05, 0) is 60.6 Å². The number of hydrogen-bond donors (Lipinski definition) is 1. The molecular formula is C20H18Cl2N2O2. The maximum Gasteiger partial charge on any atom is 0.292 e. The summed E-state index contributed by atoms with van der Waals surface area (Å²) >= 11 is 12.5. The SMILES string of the molecule is Cc1cc([N+](=O)[O-])c2c(c1C)[C@@H]1C=CC[C@@H]1[C@@H](c1ccc(Cl)cc1Cl)N2. The minimum atomic E-state index is -0.308. The van der Waals surface area contributed by atoms with Crippen LogP contribution in [0.5, 0.6) is 0 Å². The third-order valence-corrected chi connectivity index (χ3v) is 6.21. The second kappa shape index (κ2) is 6.29. The summed E-state index contributed by atoms with van der Waals surface area (Å²) in [5.74, 6) is 0.405. The number of nitro groups is 1. The van der Waals surface area contributed by atoms with Gasteiger partial charge in [-0.3, -0.25) is 10.1 Å². The Bertz CT molecular complexity index is 955. The maximum atomic E-state index is 11.7. The van der Waals surface area contributed by atoms with Gasteiger partial charge in [0.05, 0.1) is 11.0 Å². The van der Waals surface area contributed by atoms with Crippen LogP contribution in [0.15, 0.2) is 36.4 Å². The van der Waals surface area contributed by atoms with Crippen molar-refractivity contribution in [3.05, 3.63) is 78.8 Å². The van der Waals surface area contributed by atoms with Crippen LogP contribution < -0.4 is 5.32 Å². The topological polar surface area (TPSA) is 55.2 Å². The van der Waals surface area contributed by atoms with Gasteiger partial charge >= 0.3 is 0 Å². The summed E-state index contributed by atoms with van der Waals surface area (Å²) < 4.78 is 0. The summed E-state index contributed by atoms with van der Waals surface area (Å²) in [4.78, 5) is 11.4. The molecule has 134 valence electrons. The quantitative estimate of drug-likeness (QED) is 0.370. The fraction of sp³-hybridized carbons (Fsp3) is 0.300. The van der Waals surface area contributed by atoms with Gasteiger partial charge in [-0.2, -0.15) is 0 Å². The number of halogens is 2. The lowest BCUT2D eigenvalue weighted by Gasteiger charge is -2.38. The molecule has 4 nitrogen and oxygen atoms in total. The van der Waals surface area contributed by atoms with Crippen molar-refractivity contribution >= 4 is 34.6 Å². The highest BCUT2D eigenvalue weighted by Gasteiger charge is 2.42. The third kappa shape index (κ3) is 2.60. The van der Waals surface area contributed by atoms with E-state index in [1.54, 1.807) is 12.1 Å². The fourth-order valence-electron chi connectivity index (χ4n) is 4.29. The molecule has 0 fully saturated rings. The van der Waals surface area contributed by atoms with Gasteiger partial charge in [0.2, 0.25) is 0 Å². The highest BCUT2D eigenvalue weighted by molar-refractivity contribution is 6.35. The van der Waals surface area contributed by atoms with Crippen LogP contribution in [0.2, 0.25) is 10.0 Å². The molecule has 2 aromatic rings. The van der Waals surface area contributed by atoms with Gasteiger partial charge in [0.15, 0.2) is 0 Å². The number of nitrogens with one attached hydrogen (secondary N) is 1. The van der Waals surface area contributed by atoms with E-state index in [-0.39, 0.29) is 28.5 Å². The van der Waals surface area contributed by atoms with Crippen molar-refractivity contribution in [2.75, 3.05) is 5.32 Å². The van der Waals surface area contributed by atoms with Crippen LogP contribution in [0, 0.1) is 29.9 Å². The van der Waals surface area contributed by atoms with E-state index in [0.717, 1.165) is 28.7 Å². The van der Waals surface area contributed by atoms with E-state index in [2.05, 4.69) is 17.5 Å². The summed E-state index contributed by atoms with van der Waals surface area (Å²) in [7, 11) is 0. The van der Waals surface area contributed by atoms with Gasteiger partial charge in [-0.1, -0.05) is 41.4 Å². The van der Waals surface area contributed by atoms with Crippen molar-refractivity contribution < 1.29 is 4.92 Å². The molecule has 1 N–H and O–H groups in total. The van der Waals surface area contributed by atoms with E-state index in [1.165, 1.54) is 0 Å². The number of hydrogen-bond acceptors (Lipinski definition) is 3. The second-order valence-electron chi connectivity index (χ2n) is 7.02. The maximum absolute atomic E-state index is 11.7. The first-order chi connectivity index (χ1) is 12.4. The Morgan fingerprint density at radius 2 is 2.00 bits per heavy atom. The Morgan fingerprint density at radius 3 is 2.69 bits per heavy atom. The minimum absolute atomic E-state index is 0.104. The molecule has 6 heteroatoms.